The molecular formula is C57H73FO13. The number of methoxy groups -OCH3 is 2. The number of carbonyl (C=O) groups excluding carboxylic acids is 6. The van der Waals surface area contributed by atoms with Crippen molar-refractivity contribution < 1.29 is 66.3 Å². The minimum absolute atomic E-state index is 0.0352. The summed E-state index contributed by atoms with van der Waals surface area (Å²) in [5, 5.41) is 0. The van der Waals surface area contributed by atoms with Gasteiger partial charge in [-0.25, -0.2) is 33.2 Å². The number of hydrogen-bond acceptors (Lipinski definition) is 13. The van der Waals surface area contributed by atoms with E-state index in [1.165, 1.54) is 45.4 Å². The van der Waals surface area contributed by atoms with Crippen molar-refractivity contribution >= 4 is 35.8 Å². The summed E-state index contributed by atoms with van der Waals surface area (Å²) in [4.78, 5) is 74.7. The van der Waals surface area contributed by atoms with Gasteiger partial charge < -0.3 is 33.2 Å². The SMILES string of the molecule is C=C(C)C(=O)OCCCc1cc(-c2ccc(-c3ccc(C4CCC(CCCCC)CC4)cc3F)c(CC)c2)cc(CCCC)c1OCC(COC(=O)C(=C)C)(COC(=O)C(=O)OC)COC(=O)C(=O)OC. The van der Waals surface area contributed by atoms with E-state index in [0.29, 0.717) is 48.5 Å². The third-order valence-electron chi connectivity index (χ3n) is 13.0. The molecule has 0 aromatic heterocycles. The first kappa shape index (κ1) is 57.3. The Bertz CT molecular complexity index is 2330. The first-order chi connectivity index (χ1) is 34.0. The lowest BCUT2D eigenvalue weighted by molar-refractivity contribution is -0.177. The Balaban J connectivity index is 1.78. The number of benzene rings is 3. The lowest BCUT2D eigenvalue weighted by atomic mass is 9.77. The first-order valence-corrected chi connectivity index (χ1v) is 24.9. The van der Waals surface area contributed by atoms with Gasteiger partial charge in [-0.15, -0.1) is 0 Å². The van der Waals surface area contributed by atoms with Crippen LogP contribution in [0.1, 0.15) is 133 Å². The van der Waals surface area contributed by atoms with E-state index in [9.17, 15) is 28.8 Å². The van der Waals surface area contributed by atoms with Gasteiger partial charge in [0.1, 0.15) is 43.4 Å². The number of aryl methyl sites for hydroxylation is 3. The molecule has 1 aliphatic carbocycles. The van der Waals surface area contributed by atoms with Crippen molar-refractivity contribution in [2.75, 3.05) is 47.3 Å². The van der Waals surface area contributed by atoms with Crippen molar-refractivity contribution in [1.82, 2.24) is 0 Å². The van der Waals surface area contributed by atoms with Gasteiger partial charge in [0, 0.05) is 16.7 Å². The van der Waals surface area contributed by atoms with E-state index >= 15 is 4.39 Å². The van der Waals surface area contributed by atoms with Crippen LogP contribution >= 0.6 is 0 Å². The minimum atomic E-state index is -1.72. The molecule has 0 aliphatic heterocycles. The van der Waals surface area contributed by atoms with E-state index in [2.05, 4.69) is 41.7 Å². The fraction of sp³-hybridized carbons (Fsp3) is 0.509. The van der Waals surface area contributed by atoms with Crippen LogP contribution in [-0.2, 0) is 76.5 Å². The van der Waals surface area contributed by atoms with Crippen LogP contribution in [-0.4, -0.2) is 83.1 Å². The molecule has 4 rings (SSSR count). The Labute approximate surface area is 418 Å². The van der Waals surface area contributed by atoms with E-state index in [1.807, 2.05) is 44.2 Å². The second kappa shape index (κ2) is 28.5. The fourth-order valence-corrected chi connectivity index (χ4v) is 8.73. The number of rotatable bonds is 26. The second-order valence-electron chi connectivity index (χ2n) is 18.7. The van der Waals surface area contributed by atoms with Gasteiger partial charge in [-0.2, -0.15) is 0 Å². The van der Waals surface area contributed by atoms with Crippen LogP contribution < -0.4 is 4.74 Å². The smallest absolute Gasteiger partial charge is 0.417 e. The van der Waals surface area contributed by atoms with Gasteiger partial charge in [-0.05, 0) is 141 Å². The topological polar surface area (TPSA) is 167 Å². The number of esters is 6. The Hall–Kier alpha value is -6.31. The van der Waals surface area contributed by atoms with Crippen LogP contribution in [0.4, 0.5) is 4.39 Å². The van der Waals surface area contributed by atoms with Gasteiger partial charge >= 0.3 is 35.8 Å². The van der Waals surface area contributed by atoms with Crippen molar-refractivity contribution in [2.24, 2.45) is 11.3 Å². The van der Waals surface area contributed by atoms with Crippen molar-refractivity contribution in [1.29, 1.82) is 0 Å². The van der Waals surface area contributed by atoms with Crippen molar-refractivity contribution in [2.45, 2.75) is 130 Å². The molecule has 0 saturated heterocycles. The van der Waals surface area contributed by atoms with E-state index in [1.54, 1.807) is 13.0 Å². The maximum absolute atomic E-state index is 16.2. The van der Waals surface area contributed by atoms with E-state index in [-0.39, 0.29) is 23.6 Å². The van der Waals surface area contributed by atoms with Gasteiger partial charge in [-0.1, -0.05) is 96.4 Å². The van der Waals surface area contributed by atoms with E-state index in [0.717, 1.165) is 79.2 Å². The molecule has 0 unspecified atom stereocenters. The predicted molar refractivity (Wildman–Crippen MR) is 268 cm³/mol. The summed E-state index contributed by atoms with van der Waals surface area (Å²) < 4.78 is 53.5. The number of carbonyl (C=O) groups is 6. The van der Waals surface area contributed by atoms with Gasteiger partial charge in [0.15, 0.2) is 0 Å². The van der Waals surface area contributed by atoms with Gasteiger partial charge in [0.25, 0.3) is 0 Å². The zero-order valence-electron chi connectivity index (χ0n) is 42.8. The standard InChI is InChI=1S/C57H73FO13/c1-10-13-15-17-39-20-22-41(23-21-39)43-25-27-48(49(58)32-43)47-26-24-42(29-40(47)12-3)46-30-44(18-14-11-2)50(45(31-46)19-16-28-67-51(59)37(4)5)68-33-57(34-69-52(60)38(6)7,35-70-55(63)53(61)65-8)36-71-56(64)54(62)66-9/h24-27,29-32,39,41H,4,6,10-23,28,33-36H2,1-3,5,7-9H3. The van der Waals surface area contributed by atoms with E-state index in [4.69, 9.17) is 23.7 Å². The normalized spacial score (nSPS) is 14.4. The lowest BCUT2D eigenvalue weighted by Gasteiger charge is -2.32. The second-order valence-corrected chi connectivity index (χ2v) is 18.7. The maximum Gasteiger partial charge on any atom is 0.417 e. The molecule has 0 N–H and O–H groups in total. The van der Waals surface area contributed by atoms with Crippen LogP contribution in [0.15, 0.2) is 72.8 Å². The van der Waals surface area contributed by atoms with Crippen LogP contribution in [0.2, 0.25) is 0 Å². The average Bonchev–Trinajstić information content (AvgIpc) is 3.37. The largest absolute Gasteiger partial charge is 0.492 e. The molecule has 1 aliphatic rings. The quantitative estimate of drug-likeness (QED) is 0.0245. The molecule has 14 heteroatoms. The molecule has 1 saturated carbocycles. The first-order valence-electron chi connectivity index (χ1n) is 24.9. The highest BCUT2D eigenvalue weighted by Gasteiger charge is 2.40. The third-order valence-corrected chi connectivity index (χ3v) is 13.0. The molecule has 3 aromatic carbocycles. The van der Waals surface area contributed by atoms with Crippen LogP contribution in [0.5, 0.6) is 5.75 Å². The van der Waals surface area contributed by atoms with Gasteiger partial charge in [0.05, 0.1) is 20.8 Å². The third kappa shape index (κ3) is 16.9. The molecule has 0 amide bonds. The molecule has 0 spiro atoms. The van der Waals surface area contributed by atoms with E-state index < -0.39 is 67.7 Å². The Morgan fingerprint density at radius 2 is 1.13 bits per heavy atom. The molecule has 71 heavy (non-hydrogen) atoms. The monoisotopic (exact) mass is 985 g/mol. The molecule has 386 valence electrons. The fourth-order valence-electron chi connectivity index (χ4n) is 8.73. The average molecular weight is 985 g/mol. The zero-order chi connectivity index (χ0) is 52.1. The Morgan fingerprint density at radius 1 is 0.592 bits per heavy atom. The number of halogens is 1. The summed E-state index contributed by atoms with van der Waals surface area (Å²) in [6.07, 6.45) is 13.1. The molecule has 0 atom stereocenters. The summed E-state index contributed by atoms with van der Waals surface area (Å²) >= 11 is 0. The molecule has 0 radical (unpaired) electrons. The number of hydrogen-bond donors (Lipinski definition) is 0. The molecule has 0 bridgehead atoms. The van der Waals surface area contributed by atoms with Gasteiger partial charge in [0.2, 0.25) is 0 Å². The van der Waals surface area contributed by atoms with Gasteiger partial charge in [-0.3, -0.25) is 0 Å². The zero-order valence-corrected chi connectivity index (χ0v) is 42.8. The number of ether oxygens (including phenoxy) is 7. The lowest BCUT2D eigenvalue weighted by Crippen LogP contribution is -2.45. The summed E-state index contributed by atoms with van der Waals surface area (Å²) in [7, 11) is 1.98. The van der Waals surface area contributed by atoms with Crippen molar-refractivity contribution in [3.8, 4) is 28.0 Å². The summed E-state index contributed by atoms with van der Waals surface area (Å²) in [5.41, 5.74) is 5.16. The minimum Gasteiger partial charge on any atom is -0.492 e. The molecule has 3 aromatic rings. The van der Waals surface area contributed by atoms with Crippen molar-refractivity contribution in [3.63, 3.8) is 0 Å². The van der Waals surface area contributed by atoms with Crippen LogP contribution in [0, 0.1) is 17.2 Å². The highest BCUT2D eigenvalue weighted by molar-refractivity contribution is 6.30. The molecule has 1 fully saturated rings. The van der Waals surface area contributed by atoms with Crippen LogP contribution in [0.3, 0.4) is 0 Å². The summed E-state index contributed by atoms with van der Waals surface area (Å²) in [6.45, 7) is 14.2. The summed E-state index contributed by atoms with van der Waals surface area (Å²) in [5.74, 6) is -5.46. The van der Waals surface area contributed by atoms with Crippen molar-refractivity contribution in [3.05, 3.63) is 101 Å². The Morgan fingerprint density at radius 3 is 1.66 bits per heavy atom. The van der Waals surface area contributed by atoms with Crippen LogP contribution in [0.25, 0.3) is 22.3 Å². The molecule has 0 heterocycles. The predicted octanol–water partition coefficient (Wildman–Crippen LogP) is 10.9. The highest BCUT2D eigenvalue weighted by Crippen LogP contribution is 2.41. The molecule has 13 nitrogen and oxygen atoms in total. The molecular weight excluding hydrogens is 912 g/mol. The number of unbranched alkanes of at least 4 members (excludes halogenated alkanes) is 3. The highest BCUT2D eigenvalue weighted by atomic mass is 19.1. The summed E-state index contributed by atoms with van der Waals surface area (Å²) in [6, 6.07) is 15.7. The maximum atomic E-state index is 16.2. The Kier molecular flexibility index (Phi) is 23.0.